The van der Waals surface area contributed by atoms with Gasteiger partial charge in [0, 0.05) is 0 Å². The largest absolute Gasteiger partial charge is 1.00 e. The van der Waals surface area contributed by atoms with Crippen LogP contribution < -0.4 is 40.5 Å². The van der Waals surface area contributed by atoms with Crippen LogP contribution in [0.5, 0.6) is 0 Å². The molecule has 0 N–H and O–H groups in total. The molecule has 2 aromatic carbocycles. The second kappa shape index (κ2) is 7.55. The Morgan fingerprint density at radius 1 is 1.00 bits per heavy atom. The van der Waals surface area contributed by atoms with Gasteiger partial charge in [0.2, 0.25) is 0 Å². The van der Waals surface area contributed by atoms with E-state index in [0.717, 1.165) is 0 Å². The molecule has 1 heterocycles. The molecule has 1 atom stereocenters. The number of hydrogen-bond donors (Lipinski definition) is 0. The number of rotatable bonds is 0. The average Bonchev–Trinajstić information content (AvgIpc) is 2.90. The first kappa shape index (κ1) is 19.8. The second-order valence-corrected chi connectivity index (χ2v) is 7.75. The molecule has 1 aliphatic carbocycles. The van der Waals surface area contributed by atoms with E-state index < -0.39 is 0 Å². The summed E-state index contributed by atoms with van der Waals surface area (Å²) in [6.45, 7) is 0. The Labute approximate surface area is 170 Å². The Bertz CT molecular complexity index is 718. The summed E-state index contributed by atoms with van der Waals surface area (Å²) in [6, 6.07) is 13.2. The molecule has 2 aromatic rings. The van der Waals surface area contributed by atoms with Gasteiger partial charge in [0.05, 0.1) is 0 Å². The summed E-state index contributed by atoms with van der Waals surface area (Å²) < 4.78 is 2.69. The summed E-state index contributed by atoms with van der Waals surface area (Å²) in [7, 11) is 0. The molecule has 0 saturated carbocycles. The van der Waals surface area contributed by atoms with Crippen LogP contribution in [0.3, 0.4) is 0 Å². The summed E-state index contributed by atoms with van der Waals surface area (Å²) in [5, 5.41) is 0.518. The van der Waals surface area contributed by atoms with E-state index in [2.05, 4.69) is 58.4 Å². The maximum Gasteiger partial charge on any atom is -1.00 e. The van der Waals surface area contributed by atoms with Gasteiger partial charge in [0.25, 0.3) is 0 Å². The van der Waals surface area contributed by atoms with Gasteiger partial charge < -0.3 is 37.2 Å². The molecule has 2 aliphatic rings. The summed E-state index contributed by atoms with van der Waals surface area (Å²) in [4.78, 5) is 1.42. The Morgan fingerprint density at radius 2 is 1.71 bits per heavy atom. The van der Waals surface area contributed by atoms with Crippen LogP contribution in [-0.2, 0) is 24.7 Å². The number of benzene rings is 2. The molecular formula is C15H8BrCl3SZr. The van der Waals surface area contributed by atoms with Gasteiger partial charge in [-0.15, -0.1) is 0 Å². The molecule has 0 saturated heterocycles. The van der Waals surface area contributed by atoms with Crippen molar-refractivity contribution in [3.05, 3.63) is 57.6 Å². The number of fused-ring (bicyclic) bond motifs is 5. The molecule has 4 rings (SSSR count). The average molecular weight is 498 g/mol. The molecule has 0 nitrogen and oxygen atoms in total. The Morgan fingerprint density at radius 3 is 2.48 bits per heavy atom. The maximum absolute atomic E-state index is 3.65. The predicted molar refractivity (Wildman–Crippen MR) is 76.7 cm³/mol. The quantitative estimate of drug-likeness (QED) is 0.353. The van der Waals surface area contributed by atoms with Crippen LogP contribution in [0, 0.1) is 0 Å². The van der Waals surface area contributed by atoms with Crippen molar-refractivity contribution in [1.82, 2.24) is 0 Å². The van der Waals surface area contributed by atoms with Gasteiger partial charge in [-0.1, -0.05) is 0 Å². The van der Waals surface area contributed by atoms with E-state index in [1.807, 2.05) is 11.8 Å². The zero-order valence-corrected chi connectivity index (χ0v) is 17.7. The first-order valence-electron chi connectivity index (χ1n) is 5.77. The summed E-state index contributed by atoms with van der Waals surface area (Å²) in [6.07, 6.45) is 2.40. The van der Waals surface area contributed by atoms with Crippen molar-refractivity contribution in [2.75, 3.05) is 0 Å². The van der Waals surface area contributed by atoms with Gasteiger partial charge in [-0.05, 0) is 0 Å². The molecule has 106 valence electrons. The molecule has 0 spiro atoms. The van der Waals surface area contributed by atoms with Gasteiger partial charge in [-0.2, -0.15) is 0 Å². The van der Waals surface area contributed by atoms with Crippen LogP contribution in [0.2, 0.25) is 0 Å². The first-order chi connectivity index (χ1) is 8.75. The zero-order chi connectivity index (χ0) is 12.3. The fraction of sp³-hybridized carbons (Fsp3) is 0.0667. The SMILES string of the molecule is Brc1ccc2c([c]1[Zr+3])C=C1c3ccccc3SC12.[Cl-].[Cl-].[Cl-]. The van der Waals surface area contributed by atoms with E-state index in [9.17, 15) is 0 Å². The Kier molecular flexibility index (Phi) is 7.13. The standard InChI is InChI=1S/C15H8BrS.3ClH.Zr/c16-10-5-6-11-9(7-10)8-13-12-3-1-2-4-14(12)17-15(11)13;;;;/h1-6,8,15H;3*1H;/q;;;;+3/p-3. The third-order valence-electron chi connectivity index (χ3n) is 3.54. The van der Waals surface area contributed by atoms with Crippen molar-refractivity contribution in [3.8, 4) is 0 Å². The summed E-state index contributed by atoms with van der Waals surface area (Å²) in [5.41, 5.74) is 5.85. The van der Waals surface area contributed by atoms with Crippen molar-refractivity contribution in [1.29, 1.82) is 0 Å². The monoisotopic (exact) mass is 494 g/mol. The van der Waals surface area contributed by atoms with Crippen LogP contribution in [-0.4, -0.2) is 0 Å². The zero-order valence-electron chi connectivity index (χ0n) is 10.5. The van der Waals surface area contributed by atoms with Gasteiger partial charge in [-0.3, -0.25) is 0 Å². The first-order valence-corrected chi connectivity index (χ1v) is 8.67. The van der Waals surface area contributed by atoms with E-state index in [4.69, 9.17) is 0 Å². The minimum atomic E-state index is 0. The van der Waals surface area contributed by atoms with Gasteiger partial charge in [-0.25, -0.2) is 0 Å². The van der Waals surface area contributed by atoms with Gasteiger partial charge >= 0.3 is 135 Å². The van der Waals surface area contributed by atoms with E-state index in [1.165, 1.54) is 59.6 Å². The third-order valence-corrected chi connectivity index (χ3v) is 7.77. The van der Waals surface area contributed by atoms with E-state index >= 15 is 0 Å². The molecule has 0 amide bonds. The fourth-order valence-electron chi connectivity index (χ4n) is 2.67. The second-order valence-electron chi connectivity index (χ2n) is 4.52. The van der Waals surface area contributed by atoms with E-state index in [1.54, 1.807) is 0 Å². The summed E-state index contributed by atoms with van der Waals surface area (Å²) >= 11 is 7.12. The summed E-state index contributed by atoms with van der Waals surface area (Å²) in [5.74, 6) is 0. The maximum atomic E-state index is 3.65. The van der Waals surface area contributed by atoms with Crippen LogP contribution in [0.25, 0.3) is 11.6 Å². The minimum absolute atomic E-state index is 0. The number of thioether (sulfide) groups is 1. The van der Waals surface area contributed by atoms with E-state index in [0.29, 0.717) is 5.25 Å². The number of halogens is 4. The van der Waals surface area contributed by atoms with Crippen LogP contribution in [0.4, 0.5) is 0 Å². The molecule has 0 aromatic heterocycles. The van der Waals surface area contributed by atoms with Crippen molar-refractivity contribution in [2.24, 2.45) is 0 Å². The molecular weight excluding hydrogens is 490 g/mol. The molecule has 21 heavy (non-hydrogen) atoms. The van der Waals surface area contributed by atoms with E-state index in [-0.39, 0.29) is 37.2 Å². The number of hydrogen-bond acceptors (Lipinski definition) is 1. The third kappa shape index (κ3) is 3.07. The topological polar surface area (TPSA) is 0 Å². The molecule has 1 aliphatic heterocycles. The van der Waals surface area contributed by atoms with Crippen LogP contribution in [0.15, 0.2) is 45.8 Å². The van der Waals surface area contributed by atoms with Crippen molar-refractivity contribution < 1.29 is 61.9 Å². The Hall–Kier alpha value is 0.763. The normalized spacial score (nSPS) is 16.5. The molecule has 0 bridgehead atoms. The molecule has 0 radical (unpaired) electrons. The minimum Gasteiger partial charge on any atom is -1.00 e. The van der Waals surface area contributed by atoms with Gasteiger partial charge in [0.15, 0.2) is 0 Å². The Balaban J connectivity index is 0.000000735. The van der Waals surface area contributed by atoms with Crippen LogP contribution >= 0.6 is 27.7 Å². The van der Waals surface area contributed by atoms with Crippen molar-refractivity contribution in [3.63, 3.8) is 0 Å². The van der Waals surface area contributed by atoms with Crippen LogP contribution in [0.1, 0.15) is 21.9 Å². The van der Waals surface area contributed by atoms with Crippen molar-refractivity contribution in [2.45, 2.75) is 10.1 Å². The van der Waals surface area contributed by atoms with Gasteiger partial charge in [0.1, 0.15) is 0 Å². The molecule has 1 unspecified atom stereocenters. The fourth-order valence-corrected chi connectivity index (χ4v) is 5.13. The smallest absolute Gasteiger partial charge is 1.00 e. The molecule has 0 fully saturated rings. The van der Waals surface area contributed by atoms with Crippen molar-refractivity contribution >= 4 is 42.6 Å². The predicted octanol–water partition coefficient (Wildman–Crippen LogP) is -4.67. The molecule has 6 heteroatoms.